The third-order valence-corrected chi connectivity index (χ3v) is 6.53. The molecule has 3 aromatic heterocycles. The van der Waals surface area contributed by atoms with Crippen LogP contribution in [0.25, 0.3) is 11.5 Å². The van der Waals surface area contributed by atoms with Crippen LogP contribution >= 0.6 is 0 Å². The number of amides is 1. The highest BCUT2D eigenvalue weighted by atomic mass is 16.5. The first-order valence-corrected chi connectivity index (χ1v) is 11.8. The van der Waals surface area contributed by atoms with E-state index in [9.17, 15) is 4.79 Å². The number of nitrogens with zero attached hydrogens (tertiary/aromatic N) is 6. The van der Waals surface area contributed by atoms with Crippen LogP contribution in [-0.2, 0) is 11.4 Å². The van der Waals surface area contributed by atoms with E-state index in [1.165, 1.54) is 5.56 Å². The molecule has 1 aliphatic heterocycles. The molecule has 1 N–H and O–H groups in total. The van der Waals surface area contributed by atoms with E-state index in [0.29, 0.717) is 36.1 Å². The van der Waals surface area contributed by atoms with Crippen molar-refractivity contribution in [1.82, 2.24) is 29.6 Å². The number of nitrogens with one attached hydrogen (secondary N) is 1. The van der Waals surface area contributed by atoms with Gasteiger partial charge in [0, 0.05) is 23.5 Å². The predicted octanol–water partition coefficient (Wildman–Crippen LogP) is 4.29. The van der Waals surface area contributed by atoms with E-state index < -0.39 is 0 Å². The topological polar surface area (TPSA) is 99.2 Å². The van der Waals surface area contributed by atoms with E-state index in [0.717, 1.165) is 28.1 Å². The van der Waals surface area contributed by atoms with E-state index in [2.05, 4.69) is 51.8 Å². The second kappa shape index (κ2) is 8.60. The van der Waals surface area contributed by atoms with Crippen LogP contribution in [0, 0.1) is 20.8 Å². The standard InChI is InChI=1S/C27H25N7O2/c1-16-8-10-19(11-9-16)15-36-22-7-5-4-6-20(22)21-14-25(35)28-27-26(21)17(2)31-34(27)24-13-12-23-30-29-18(3)33(23)32-24/h4-13,21H,14-15H2,1-3H3,(H,28,35). The highest BCUT2D eigenvalue weighted by Gasteiger charge is 2.34. The minimum Gasteiger partial charge on any atom is -0.489 e. The maximum Gasteiger partial charge on any atom is 0.226 e. The Hall–Kier alpha value is -4.53. The van der Waals surface area contributed by atoms with E-state index >= 15 is 0 Å². The zero-order valence-corrected chi connectivity index (χ0v) is 20.3. The molecule has 0 saturated carbocycles. The number of fused-ring (bicyclic) bond motifs is 2. The van der Waals surface area contributed by atoms with Crippen molar-refractivity contribution in [2.45, 2.75) is 39.7 Å². The van der Waals surface area contributed by atoms with Crippen LogP contribution in [0.2, 0.25) is 0 Å². The van der Waals surface area contributed by atoms with Crippen molar-refractivity contribution in [3.8, 4) is 11.6 Å². The lowest BCUT2D eigenvalue weighted by Gasteiger charge is -2.26. The van der Waals surface area contributed by atoms with Crippen molar-refractivity contribution in [3.63, 3.8) is 0 Å². The molecule has 0 fully saturated rings. The average Bonchev–Trinajstić information content (AvgIpc) is 3.42. The van der Waals surface area contributed by atoms with Gasteiger partial charge < -0.3 is 10.1 Å². The minimum atomic E-state index is -0.197. The van der Waals surface area contributed by atoms with Crippen molar-refractivity contribution in [1.29, 1.82) is 0 Å². The van der Waals surface area contributed by atoms with Crippen molar-refractivity contribution >= 4 is 17.4 Å². The van der Waals surface area contributed by atoms with E-state index in [1.54, 1.807) is 9.20 Å². The monoisotopic (exact) mass is 479 g/mol. The quantitative estimate of drug-likeness (QED) is 0.404. The molecular weight excluding hydrogens is 454 g/mol. The molecule has 0 bridgehead atoms. The molecule has 1 amide bonds. The molecule has 1 unspecified atom stereocenters. The van der Waals surface area contributed by atoms with Crippen molar-refractivity contribution < 1.29 is 9.53 Å². The molecule has 5 aromatic rings. The molecule has 0 spiro atoms. The Morgan fingerprint density at radius 2 is 1.78 bits per heavy atom. The largest absolute Gasteiger partial charge is 0.489 e. The van der Waals surface area contributed by atoms with Crippen LogP contribution in [0.15, 0.2) is 60.7 Å². The van der Waals surface area contributed by atoms with Crippen molar-refractivity contribution in [2.24, 2.45) is 0 Å². The lowest BCUT2D eigenvalue weighted by Crippen LogP contribution is -2.25. The van der Waals surface area contributed by atoms with Crippen LogP contribution < -0.4 is 10.1 Å². The average molecular weight is 480 g/mol. The first-order valence-electron chi connectivity index (χ1n) is 11.8. The fraction of sp³-hybridized carbons (Fsp3) is 0.222. The second-order valence-corrected chi connectivity index (χ2v) is 9.09. The number of rotatable bonds is 5. The molecule has 4 heterocycles. The zero-order valence-electron chi connectivity index (χ0n) is 20.3. The summed E-state index contributed by atoms with van der Waals surface area (Å²) in [4.78, 5) is 12.9. The lowest BCUT2D eigenvalue weighted by molar-refractivity contribution is -0.116. The molecular formula is C27H25N7O2. The summed E-state index contributed by atoms with van der Waals surface area (Å²) in [5.74, 6) is 2.35. The highest BCUT2D eigenvalue weighted by Crippen LogP contribution is 2.43. The van der Waals surface area contributed by atoms with Crippen LogP contribution in [0.5, 0.6) is 5.75 Å². The summed E-state index contributed by atoms with van der Waals surface area (Å²) in [6.45, 7) is 6.31. The first-order chi connectivity index (χ1) is 17.5. The maximum absolute atomic E-state index is 12.9. The van der Waals surface area contributed by atoms with E-state index in [4.69, 9.17) is 9.84 Å². The summed E-state index contributed by atoms with van der Waals surface area (Å²) in [6.07, 6.45) is 0.307. The van der Waals surface area contributed by atoms with Gasteiger partial charge in [-0.1, -0.05) is 48.0 Å². The highest BCUT2D eigenvalue weighted by molar-refractivity contribution is 5.95. The number of hydrogen-bond acceptors (Lipinski definition) is 6. The summed E-state index contributed by atoms with van der Waals surface area (Å²) >= 11 is 0. The fourth-order valence-corrected chi connectivity index (χ4v) is 4.72. The van der Waals surface area contributed by atoms with Gasteiger partial charge in [0.1, 0.15) is 18.2 Å². The van der Waals surface area contributed by atoms with Crippen LogP contribution in [0.3, 0.4) is 0 Å². The Morgan fingerprint density at radius 3 is 2.61 bits per heavy atom. The van der Waals surface area contributed by atoms with Crippen LogP contribution in [-0.4, -0.2) is 35.5 Å². The summed E-state index contributed by atoms with van der Waals surface area (Å²) in [5, 5.41) is 20.6. The Balaban J connectivity index is 1.39. The number of carbonyl (C=O) groups excluding carboxylic acids is 1. The Morgan fingerprint density at radius 1 is 0.972 bits per heavy atom. The Bertz CT molecular complexity index is 1600. The second-order valence-electron chi connectivity index (χ2n) is 9.09. The molecule has 9 nitrogen and oxygen atoms in total. The number of ether oxygens (including phenoxy) is 1. The number of aryl methyl sites for hydroxylation is 3. The lowest BCUT2D eigenvalue weighted by atomic mass is 9.85. The molecule has 6 rings (SSSR count). The summed E-state index contributed by atoms with van der Waals surface area (Å²) < 4.78 is 9.61. The van der Waals surface area contributed by atoms with Crippen molar-refractivity contribution in [2.75, 3.05) is 5.32 Å². The van der Waals surface area contributed by atoms with Crippen LogP contribution in [0.4, 0.5) is 5.82 Å². The summed E-state index contributed by atoms with van der Waals surface area (Å²) in [6, 6.07) is 19.9. The molecule has 1 atom stereocenters. The van der Waals surface area contributed by atoms with Gasteiger partial charge in [0.25, 0.3) is 0 Å². The molecule has 0 radical (unpaired) electrons. The van der Waals surface area contributed by atoms with Gasteiger partial charge in [-0.3, -0.25) is 4.79 Å². The van der Waals surface area contributed by atoms with Gasteiger partial charge in [-0.25, -0.2) is 0 Å². The molecule has 9 heteroatoms. The molecule has 0 aliphatic carbocycles. The third kappa shape index (κ3) is 3.78. The van der Waals surface area contributed by atoms with Gasteiger partial charge in [0.05, 0.1) is 5.69 Å². The molecule has 1 aliphatic rings. The molecule has 180 valence electrons. The van der Waals surface area contributed by atoms with Gasteiger partial charge in [-0.2, -0.15) is 14.3 Å². The normalized spacial score (nSPS) is 15.1. The summed E-state index contributed by atoms with van der Waals surface area (Å²) in [5.41, 5.74) is 5.69. The SMILES string of the molecule is Cc1ccc(COc2ccccc2C2CC(=O)Nc3c2c(C)nn3-c2ccc3nnc(C)n3n2)cc1. The number of benzene rings is 2. The Kier molecular flexibility index (Phi) is 5.25. The zero-order chi connectivity index (χ0) is 24.8. The minimum absolute atomic E-state index is 0.0801. The summed E-state index contributed by atoms with van der Waals surface area (Å²) in [7, 11) is 0. The maximum atomic E-state index is 12.9. The van der Waals surface area contributed by atoms with E-state index in [1.807, 2.05) is 50.2 Å². The van der Waals surface area contributed by atoms with Crippen LogP contribution in [0.1, 0.15) is 46.1 Å². The smallest absolute Gasteiger partial charge is 0.226 e. The van der Waals surface area contributed by atoms with Gasteiger partial charge in [0.2, 0.25) is 5.91 Å². The van der Waals surface area contributed by atoms with Gasteiger partial charge in [-0.05, 0) is 44.5 Å². The predicted molar refractivity (Wildman–Crippen MR) is 134 cm³/mol. The number of hydrogen-bond donors (Lipinski definition) is 1. The molecule has 2 aromatic carbocycles. The van der Waals surface area contributed by atoms with Gasteiger partial charge in [0.15, 0.2) is 17.3 Å². The number of carbonyl (C=O) groups is 1. The van der Waals surface area contributed by atoms with Crippen molar-refractivity contribution in [3.05, 3.63) is 94.4 Å². The number of para-hydroxylation sites is 1. The fourth-order valence-electron chi connectivity index (χ4n) is 4.72. The Labute approximate surface area is 207 Å². The molecule has 0 saturated heterocycles. The van der Waals surface area contributed by atoms with E-state index in [-0.39, 0.29) is 11.8 Å². The molecule has 36 heavy (non-hydrogen) atoms. The third-order valence-electron chi connectivity index (χ3n) is 6.53. The number of anilines is 1. The first kappa shape index (κ1) is 22.0. The van der Waals surface area contributed by atoms with Gasteiger partial charge >= 0.3 is 0 Å². The number of aromatic nitrogens is 6. The van der Waals surface area contributed by atoms with Gasteiger partial charge in [-0.15, -0.1) is 15.3 Å².